The molecule has 0 aliphatic carbocycles. The molecule has 0 spiro atoms. The molecule has 0 aliphatic heterocycles. The lowest BCUT2D eigenvalue weighted by molar-refractivity contribution is 0.111. The lowest BCUT2D eigenvalue weighted by Gasteiger charge is -2.03. The average molecular weight is 249 g/mol. The molecule has 4 heteroatoms. The first-order chi connectivity index (χ1) is 9.36. The Morgan fingerprint density at radius 3 is 2.21 bits per heavy atom. The summed E-state index contributed by atoms with van der Waals surface area (Å²) in [6.07, 6.45) is 2.28. The van der Waals surface area contributed by atoms with Crippen LogP contribution in [0.1, 0.15) is 10.5 Å². The number of hydrogen-bond acceptors (Lipinski definition) is 3. The monoisotopic (exact) mass is 249 g/mol. The van der Waals surface area contributed by atoms with Crippen LogP contribution in [0.3, 0.4) is 0 Å². The topological polar surface area (TPSA) is 47.8 Å². The van der Waals surface area contributed by atoms with Crippen LogP contribution in [0.5, 0.6) is 0 Å². The smallest absolute Gasteiger partial charge is 0.171 e. The first-order valence-corrected chi connectivity index (χ1v) is 5.90. The van der Waals surface area contributed by atoms with Gasteiger partial charge in [-0.3, -0.25) is 4.79 Å². The predicted octanol–water partition coefficient (Wildman–Crippen LogP) is 2.75. The molecule has 1 aromatic heterocycles. The minimum absolute atomic E-state index is 0.326. The molecule has 0 bridgehead atoms. The van der Waals surface area contributed by atoms with Crippen molar-refractivity contribution in [2.75, 3.05) is 0 Å². The molecule has 0 N–H and O–H groups in total. The van der Waals surface area contributed by atoms with Gasteiger partial charge in [0, 0.05) is 0 Å². The van der Waals surface area contributed by atoms with Crippen molar-refractivity contribution in [1.82, 2.24) is 15.0 Å². The highest BCUT2D eigenvalue weighted by Crippen LogP contribution is 2.20. The molecule has 0 fully saturated rings. The van der Waals surface area contributed by atoms with Crippen LogP contribution in [0.25, 0.3) is 16.8 Å². The quantitative estimate of drug-likeness (QED) is 0.670. The van der Waals surface area contributed by atoms with Crippen LogP contribution in [0.15, 0.2) is 60.8 Å². The van der Waals surface area contributed by atoms with Gasteiger partial charge in [0.1, 0.15) is 5.69 Å². The van der Waals surface area contributed by atoms with Crippen molar-refractivity contribution in [3.63, 3.8) is 0 Å². The number of aromatic nitrogens is 3. The molecule has 0 atom stereocenters. The highest BCUT2D eigenvalue weighted by molar-refractivity contribution is 5.71. The van der Waals surface area contributed by atoms with Crippen LogP contribution in [0.4, 0.5) is 0 Å². The van der Waals surface area contributed by atoms with Crippen molar-refractivity contribution in [3.05, 3.63) is 66.5 Å². The van der Waals surface area contributed by atoms with Crippen LogP contribution in [0, 0.1) is 0 Å². The molecule has 19 heavy (non-hydrogen) atoms. The van der Waals surface area contributed by atoms with Gasteiger partial charge in [0.25, 0.3) is 0 Å². The molecular formula is C15H11N3O. The van der Waals surface area contributed by atoms with Gasteiger partial charge in [-0.05, 0) is 23.3 Å². The molecule has 4 nitrogen and oxygen atoms in total. The van der Waals surface area contributed by atoms with Crippen LogP contribution in [-0.4, -0.2) is 21.3 Å². The minimum atomic E-state index is 0.326. The third kappa shape index (κ3) is 2.28. The second-order valence-electron chi connectivity index (χ2n) is 4.12. The van der Waals surface area contributed by atoms with E-state index in [0.29, 0.717) is 12.0 Å². The van der Waals surface area contributed by atoms with E-state index in [1.165, 1.54) is 5.56 Å². The van der Waals surface area contributed by atoms with E-state index in [4.69, 9.17) is 0 Å². The Labute approximate surface area is 110 Å². The summed E-state index contributed by atoms with van der Waals surface area (Å²) in [5.41, 5.74) is 3.51. The van der Waals surface area contributed by atoms with Crippen LogP contribution in [0.2, 0.25) is 0 Å². The fourth-order valence-corrected chi connectivity index (χ4v) is 1.89. The highest BCUT2D eigenvalue weighted by atomic mass is 16.1. The molecule has 1 heterocycles. The Morgan fingerprint density at radius 1 is 0.895 bits per heavy atom. The van der Waals surface area contributed by atoms with Crippen LogP contribution in [-0.2, 0) is 0 Å². The van der Waals surface area contributed by atoms with E-state index < -0.39 is 0 Å². The lowest BCUT2D eigenvalue weighted by Crippen LogP contribution is -1.94. The first kappa shape index (κ1) is 11.3. The van der Waals surface area contributed by atoms with E-state index in [0.717, 1.165) is 11.3 Å². The second-order valence-corrected chi connectivity index (χ2v) is 4.12. The zero-order valence-corrected chi connectivity index (χ0v) is 10.1. The number of nitrogens with zero attached hydrogens (tertiary/aromatic N) is 3. The van der Waals surface area contributed by atoms with Gasteiger partial charge < -0.3 is 0 Å². The van der Waals surface area contributed by atoms with E-state index in [2.05, 4.69) is 22.4 Å². The van der Waals surface area contributed by atoms with Crippen molar-refractivity contribution >= 4 is 6.29 Å². The summed E-state index contributed by atoms with van der Waals surface area (Å²) >= 11 is 0. The molecule has 0 amide bonds. The van der Waals surface area contributed by atoms with Gasteiger partial charge in [-0.1, -0.05) is 47.7 Å². The normalized spacial score (nSPS) is 10.3. The number of aldehydes is 1. The summed E-state index contributed by atoms with van der Waals surface area (Å²) in [5, 5.41) is 7.63. The van der Waals surface area contributed by atoms with Gasteiger partial charge in [-0.25, -0.2) is 4.68 Å². The molecule has 0 radical (unpaired) electrons. The number of carbonyl (C=O) groups excluding carboxylic acids is 1. The average Bonchev–Trinajstić information content (AvgIpc) is 2.97. The Bertz CT molecular complexity index is 687. The first-order valence-electron chi connectivity index (χ1n) is 5.90. The van der Waals surface area contributed by atoms with Gasteiger partial charge in [0.15, 0.2) is 6.29 Å². The SMILES string of the molecule is O=Cc1cn(-c2ccc(-c3ccccc3)cc2)nn1. The second kappa shape index (κ2) is 4.86. The zero-order valence-electron chi connectivity index (χ0n) is 10.1. The molecular weight excluding hydrogens is 238 g/mol. The fraction of sp³-hybridized carbons (Fsp3) is 0. The summed E-state index contributed by atoms with van der Waals surface area (Å²) in [5.74, 6) is 0. The number of carbonyl (C=O) groups is 1. The third-order valence-electron chi connectivity index (χ3n) is 2.87. The molecule has 3 rings (SSSR count). The minimum Gasteiger partial charge on any atom is -0.296 e. The van der Waals surface area contributed by atoms with Gasteiger partial charge in [0.05, 0.1) is 11.9 Å². The van der Waals surface area contributed by atoms with E-state index in [1.54, 1.807) is 10.9 Å². The maximum absolute atomic E-state index is 10.6. The van der Waals surface area contributed by atoms with Crippen molar-refractivity contribution in [2.45, 2.75) is 0 Å². The maximum atomic E-state index is 10.6. The Kier molecular flexibility index (Phi) is 2.90. The molecule has 92 valence electrons. The Morgan fingerprint density at radius 2 is 1.58 bits per heavy atom. The van der Waals surface area contributed by atoms with Crippen LogP contribution < -0.4 is 0 Å². The molecule has 2 aromatic carbocycles. The van der Waals surface area contributed by atoms with Crippen LogP contribution >= 0.6 is 0 Å². The Balaban J connectivity index is 1.92. The summed E-state index contributed by atoms with van der Waals surface area (Å²) in [6, 6.07) is 18.1. The largest absolute Gasteiger partial charge is 0.296 e. The third-order valence-corrected chi connectivity index (χ3v) is 2.87. The standard InChI is InChI=1S/C15H11N3O/c19-11-14-10-18(17-16-14)15-8-6-13(7-9-15)12-4-2-1-3-5-12/h1-11H. The van der Waals surface area contributed by atoms with Crippen molar-refractivity contribution < 1.29 is 4.79 Å². The number of hydrogen-bond donors (Lipinski definition) is 0. The van der Waals surface area contributed by atoms with Crippen molar-refractivity contribution in [2.24, 2.45) is 0 Å². The molecule has 0 saturated carbocycles. The van der Waals surface area contributed by atoms with Crippen molar-refractivity contribution in [3.8, 4) is 16.8 Å². The maximum Gasteiger partial charge on any atom is 0.171 e. The van der Waals surface area contributed by atoms with Gasteiger partial charge in [-0.15, -0.1) is 5.10 Å². The van der Waals surface area contributed by atoms with E-state index >= 15 is 0 Å². The summed E-state index contributed by atoms with van der Waals surface area (Å²) in [4.78, 5) is 10.6. The van der Waals surface area contributed by atoms with E-state index in [9.17, 15) is 4.79 Å². The summed E-state index contributed by atoms with van der Waals surface area (Å²) in [7, 11) is 0. The zero-order chi connectivity index (χ0) is 13.1. The number of rotatable bonds is 3. The molecule has 0 unspecified atom stereocenters. The molecule has 3 aromatic rings. The summed E-state index contributed by atoms with van der Waals surface area (Å²) in [6.45, 7) is 0. The fourth-order valence-electron chi connectivity index (χ4n) is 1.89. The van der Waals surface area contributed by atoms with Gasteiger partial charge >= 0.3 is 0 Å². The highest BCUT2D eigenvalue weighted by Gasteiger charge is 2.02. The van der Waals surface area contributed by atoms with Crippen molar-refractivity contribution in [1.29, 1.82) is 0 Å². The Hall–Kier alpha value is -2.75. The number of benzene rings is 2. The van der Waals surface area contributed by atoms with E-state index in [1.807, 2.05) is 42.5 Å². The van der Waals surface area contributed by atoms with Gasteiger partial charge in [0.2, 0.25) is 0 Å². The lowest BCUT2D eigenvalue weighted by atomic mass is 10.1. The van der Waals surface area contributed by atoms with E-state index in [-0.39, 0.29) is 0 Å². The summed E-state index contributed by atoms with van der Waals surface area (Å²) < 4.78 is 1.58. The predicted molar refractivity (Wildman–Crippen MR) is 72.2 cm³/mol. The van der Waals surface area contributed by atoms with Gasteiger partial charge in [-0.2, -0.15) is 0 Å². The molecule has 0 saturated heterocycles. The molecule has 0 aliphatic rings.